The topological polar surface area (TPSA) is 148 Å². The minimum Gasteiger partial charge on any atom is -0.383 e. The van der Waals surface area contributed by atoms with Gasteiger partial charge in [-0.15, -0.1) is 0 Å². The van der Waals surface area contributed by atoms with E-state index in [1.54, 1.807) is 16.8 Å². The van der Waals surface area contributed by atoms with Gasteiger partial charge in [-0.25, -0.2) is 14.6 Å². The summed E-state index contributed by atoms with van der Waals surface area (Å²) in [5.74, 6) is 0.865. The SMILES string of the molecule is CCN1CCN(C(=O)c2ccc(-c3nn(-c4ccc(NC(=O)Cc5cc(C(C)(C)C)on5)cc4)c4ncnc(N)c34)cc2)CC1. The molecule has 0 saturated carbocycles. The first kappa shape index (κ1) is 29.9. The highest BCUT2D eigenvalue weighted by Crippen LogP contribution is 2.32. The molecule has 0 atom stereocenters. The molecule has 0 aliphatic carbocycles. The third-order valence-corrected chi connectivity index (χ3v) is 8.04. The fourth-order valence-corrected chi connectivity index (χ4v) is 5.38. The highest BCUT2D eigenvalue weighted by Gasteiger charge is 2.23. The van der Waals surface area contributed by atoms with Crippen LogP contribution in [-0.4, -0.2) is 79.2 Å². The molecular formula is C33H37N9O3. The predicted octanol–water partition coefficient (Wildman–Crippen LogP) is 4.31. The fourth-order valence-electron chi connectivity index (χ4n) is 5.38. The van der Waals surface area contributed by atoms with Gasteiger partial charge >= 0.3 is 0 Å². The molecule has 232 valence electrons. The van der Waals surface area contributed by atoms with E-state index < -0.39 is 0 Å². The van der Waals surface area contributed by atoms with Crippen LogP contribution >= 0.6 is 0 Å². The molecule has 45 heavy (non-hydrogen) atoms. The molecule has 0 radical (unpaired) electrons. The number of fused-ring (bicyclic) bond motifs is 1. The molecule has 1 aliphatic rings. The van der Waals surface area contributed by atoms with Crippen LogP contribution in [0, 0.1) is 0 Å². The lowest BCUT2D eigenvalue weighted by atomic mass is 9.93. The summed E-state index contributed by atoms with van der Waals surface area (Å²) in [6.07, 6.45) is 1.51. The summed E-state index contributed by atoms with van der Waals surface area (Å²) < 4.78 is 7.09. The number of nitrogen functional groups attached to an aromatic ring is 1. The fraction of sp³-hybridized carbons (Fsp3) is 0.333. The van der Waals surface area contributed by atoms with Gasteiger partial charge < -0.3 is 25.4 Å². The zero-order valence-electron chi connectivity index (χ0n) is 25.9. The van der Waals surface area contributed by atoms with E-state index >= 15 is 0 Å². The maximum absolute atomic E-state index is 13.1. The van der Waals surface area contributed by atoms with Crippen LogP contribution in [0.25, 0.3) is 28.0 Å². The number of nitrogens with zero attached hydrogens (tertiary/aromatic N) is 7. The standard InChI is InChI=1S/C33H37N9O3/c1-5-40-14-16-41(17-15-40)32(44)22-8-6-21(7-9-22)29-28-30(34)35-20-36-31(28)42(38-29)25-12-10-23(11-13-25)37-27(43)19-24-18-26(45-39-24)33(2,3)4/h6-13,18,20H,5,14-17,19H2,1-4H3,(H,37,43)(H2,34,35,36). The van der Waals surface area contributed by atoms with Gasteiger partial charge in [-0.3, -0.25) is 9.59 Å². The molecule has 4 heterocycles. The van der Waals surface area contributed by atoms with Crippen molar-refractivity contribution in [1.29, 1.82) is 0 Å². The number of anilines is 2. The van der Waals surface area contributed by atoms with Gasteiger partial charge in [-0.1, -0.05) is 45.0 Å². The van der Waals surface area contributed by atoms with Crippen LogP contribution in [0.1, 0.15) is 49.5 Å². The van der Waals surface area contributed by atoms with Crippen molar-refractivity contribution in [2.75, 3.05) is 43.8 Å². The molecule has 1 fully saturated rings. The summed E-state index contributed by atoms with van der Waals surface area (Å²) >= 11 is 0. The van der Waals surface area contributed by atoms with Crippen LogP contribution in [-0.2, 0) is 16.6 Å². The van der Waals surface area contributed by atoms with E-state index in [9.17, 15) is 9.59 Å². The Hall–Kier alpha value is -5.10. The molecule has 12 nitrogen and oxygen atoms in total. The minimum absolute atomic E-state index is 0.0263. The van der Waals surface area contributed by atoms with Crippen molar-refractivity contribution in [3.8, 4) is 16.9 Å². The van der Waals surface area contributed by atoms with Gasteiger partial charge in [0.2, 0.25) is 5.91 Å². The number of aromatic nitrogens is 5. The summed E-state index contributed by atoms with van der Waals surface area (Å²) in [5, 5.41) is 12.4. The summed E-state index contributed by atoms with van der Waals surface area (Å²) in [6, 6.07) is 16.5. The van der Waals surface area contributed by atoms with Crippen LogP contribution in [0.4, 0.5) is 11.5 Å². The third kappa shape index (κ3) is 6.27. The molecule has 2 aromatic carbocycles. The molecule has 0 unspecified atom stereocenters. The lowest BCUT2D eigenvalue weighted by molar-refractivity contribution is -0.115. The van der Waals surface area contributed by atoms with Gasteiger partial charge in [0.05, 0.1) is 23.2 Å². The van der Waals surface area contributed by atoms with Gasteiger partial charge in [-0.05, 0) is 42.9 Å². The van der Waals surface area contributed by atoms with Crippen molar-refractivity contribution in [2.45, 2.75) is 39.5 Å². The van der Waals surface area contributed by atoms with Gasteiger partial charge in [0.25, 0.3) is 5.91 Å². The second-order valence-electron chi connectivity index (χ2n) is 12.2. The smallest absolute Gasteiger partial charge is 0.253 e. The number of nitrogens with two attached hydrogens (primary N) is 1. The van der Waals surface area contributed by atoms with E-state index in [4.69, 9.17) is 15.4 Å². The number of hydrogen-bond acceptors (Lipinski definition) is 9. The quantitative estimate of drug-likeness (QED) is 0.276. The second-order valence-corrected chi connectivity index (χ2v) is 12.2. The van der Waals surface area contributed by atoms with Crippen LogP contribution in [0.5, 0.6) is 0 Å². The van der Waals surface area contributed by atoms with Gasteiger partial charge in [0.15, 0.2) is 5.65 Å². The zero-order chi connectivity index (χ0) is 31.7. The van der Waals surface area contributed by atoms with Crippen molar-refractivity contribution in [3.63, 3.8) is 0 Å². The van der Waals surface area contributed by atoms with Gasteiger partial charge in [-0.2, -0.15) is 5.10 Å². The van der Waals surface area contributed by atoms with Gasteiger partial charge in [0, 0.05) is 54.5 Å². The highest BCUT2D eigenvalue weighted by molar-refractivity contribution is 6.00. The molecule has 12 heteroatoms. The third-order valence-electron chi connectivity index (χ3n) is 8.04. The molecule has 3 aromatic heterocycles. The Morgan fingerprint density at radius 3 is 2.33 bits per heavy atom. The first-order valence-electron chi connectivity index (χ1n) is 15.1. The van der Waals surface area contributed by atoms with Crippen molar-refractivity contribution in [2.24, 2.45) is 0 Å². The Morgan fingerprint density at radius 2 is 1.69 bits per heavy atom. The Bertz CT molecular complexity index is 1830. The average Bonchev–Trinajstić information content (AvgIpc) is 3.67. The predicted molar refractivity (Wildman–Crippen MR) is 172 cm³/mol. The molecule has 1 aliphatic heterocycles. The zero-order valence-corrected chi connectivity index (χ0v) is 25.9. The Morgan fingerprint density at radius 1 is 0.978 bits per heavy atom. The van der Waals surface area contributed by atoms with Crippen LogP contribution in [0.3, 0.4) is 0 Å². The van der Waals surface area contributed by atoms with Crippen LogP contribution < -0.4 is 11.1 Å². The molecule has 5 aromatic rings. The molecule has 6 rings (SSSR count). The molecule has 1 saturated heterocycles. The number of carbonyl (C=O) groups excluding carboxylic acids is 2. The maximum Gasteiger partial charge on any atom is 0.253 e. The van der Waals surface area contributed by atoms with Crippen LogP contribution in [0.15, 0.2) is 65.4 Å². The number of piperazine rings is 1. The molecule has 0 spiro atoms. The van der Waals surface area contributed by atoms with Crippen molar-refractivity contribution in [1.82, 2.24) is 34.7 Å². The number of benzene rings is 2. The van der Waals surface area contributed by atoms with E-state index in [0.717, 1.165) is 49.7 Å². The largest absolute Gasteiger partial charge is 0.383 e. The van der Waals surface area contributed by atoms with Crippen molar-refractivity contribution >= 4 is 34.4 Å². The number of rotatable bonds is 7. The molecule has 0 bridgehead atoms. The Balaban J connectivity index is 1.20. The number of amides is 2. The van der Waals surface area contributed by atoms with Crippen molar-refractivity contribution < 1.29 is 14.1 Å². The first-order chi connectivity index (χ1) is 21.6. The summed E-state index contributed by atoms with van der Waals surface area (Å²) in [4.78, 5) is 38.7. The molecule has 2 amide bonds. The first-order valence-corrected chi connectivity index (χ1v) is 15.1. The van der Waals surface area contributed by atoms with E-state index in [0.29, 0.717) is 39.5 Å². The number of likely N-dealkylation sites (N-methyl/N-ethyl adjacent to an activating group) is 1. The normalized spacial score (nSPS) is 14.2. The Labute approximate surface area is 261 Å². The van der Waals surface area contributed by atoms with E-state index in [1.165, 1.54) is 6.33 Å². The Kier molecular flexibility index (Phi) is 8.07. The molecule has 3 N–H and O–H groups in total. The number of carbonyl (C=O) groups is 2. The summed E-state index contributed by atoms with van der Waals surface area (Å²) in [5.41, 5.74) is 10.7. The second kappa shape index (κ2) is 12.1. The minimum atomic E-state index is -0.200. The van der Waals surface area contributed by atoms with E-state index in [1.807, 2.05) is 68.1 Å². The monoisotopic (exact) mass is 607 g/mol. The average molecular weight is 608 g/mol. The van der Waals surface area contributed by atoms with Crippen molar-refractivity contribution in [3.05, 3.63) is 77.9 Å². The number of nitrogens with one attached hydrogen (secondary N) is 1. The summed E-state index contributed by atoms with van der Waals surface area (Å²) in [7, 11) is 0. The summed E-state index contributed by atoms with van der Waals surface area (Å²) in [6.45, 7) is 12.4. The number of hydrogen-bond donors (Lipinski definition) is 2. The lowest BCUT2D eigenvalue weighted by Crippen LogP contribution is -2.48. The van der Waals surface area contributed by atoms with E-state index in [2.05, 4.69) is 32.3 Å². The maximum atomic E-state index is 13.1. The lowest BCUT2D eigenvalue weighted by Gasteiger charge is -2.34. The highest BCUT2D eigenvalue weighted by atomic mass is 16.5. The van der Waals surface area contributed by atoms with E-state index in [-0.39, 0.29) is 23.7 Å². The van der Waals surface area contributed by atoms with Gasteiger partial charge in [0.1, 0.15) is 23.6 Å². The van der Waals surface area contributed by atoms with Crippen LogP contribution in [0.2, 0.25) is 0 Å². The molecular weight excluding hydrogens is 570 g/mol.